The highest BCUT2D eigenvalue weighted by Gasteiger charge is 2.52. The van der Waals surface area contributed by atoms with E-state index in [0.29, 0.717) is 18.1 Å². The maximum atomic E-state index is 6.78. The van der Waals surface area contributed by atoms with Gasteiger partial charge in [-0.25, -0.2) is 4.98 Å². The largest absolute Gasteiger partial charge is 0.497 e. The third-order valence-corrected chi connectivity index (χ3v) is 13.8. The molecule has 206 valence electrons. The van der Waals surface area contributed by atoms with Crippen molar-refractivity contribution in [3.05, 3.63) is 12.4 Å². The van der Waals surface area contributed by atoms with Gasteiger partial charge in [0, 0.05) is 41.9 Å². The molecule has 7 nitrogen and oxygen atoms in total. The van der Waals surface area contributed by atoms with Gasteiger partial charge in [-0.1, -0.05) is 34.1 Å². The molecule has 0 atom stereocenters. The van der Waals surface area contributed by atoms with Crippen molar-refractivity contribution in [1.82, 2.24) is 14.5 Å². The van der Waals surface area contributed by atoms with Crippen molar-refractivity contribution in [2.45, 2.75) is 135 Å². The van der Waals surface area contributed by atoms with Gasteiger partial charge < -0.3 is 23.6 Å². The number of nitrogens with zero attached hydrogens (tertiary/aromatic N) is 3. The van der Waals surface area contributed by atoms with Crippen molar-refractivity contribution in [2.75, 3.05) is 11.9 Å². The summed E-state index contributed by atoms with van der Waals surface area (Å²) in [5, 5.41) is 4.65. The predicted molar refractivity (Wildman–Crippen MR) is 156 cm³/mol. The first-order valence-electron chi connectivity index (χ1n) is 14.3. The summed E-state index contributed by atoms with van der Waals surface area (Å²) < 4.78 is 22.0. The van der Waals surface area contributed by atoms with Crippen molar-refractivity contribution in [3.63, 3.8) is 0 Å². The van der Waals surface area contributed by atoms with Gasteiger partial charge in [0.15, 0.2) is 8.32 Å². The van der Waals surface area contributed by atoms with Crippen LogP contribution in [0.25, 0.3) is 11.0 Å². The molecule has 0 unspecified atom stereocenters. The molecule has 0 radical (unpaired) electrons. The summed E-state index contributed by atoms with van der Waals surface area (Å²) in [5.41, 5.74) is 1.20. The smallest absolute Gasteiger partial charge is 0.414 e. The van der Waals surface area contributed by atoms with Gasteiger partial charge in [-0.2, -0.15) is 4.98 Å². The third kappa shape index (κ3) is 5.80. The topological polar surface area (TPSA) is 70.4 Å². The lowest BCUT2D eigenvalue weighted by Gasteiger charge is -2.41. The van der Waals surface area contributed by atoms with E-state index in [0.717, 1.165) is 61.6 Å². The Balaban J connectivity index is 1.61. The molecule has 9 heteroatoms. The number of aromatic nitrogens is 3. The first-order valence-corrected chi connectivity index (χ1v) is 17.2. The molecule has 2 fully saturated rings. The third-order valence-electron chi connectivity index (χ3n) is 9.23. The van der Waals surface area contributed by atoms with E-state index in [-0.39, 0.29) is 5.04 Å². The molecular formula is C28H49BN4O3Si. The first-order chi connectivity index (χ1) is 17.1. The van der Waals surface area contributed by atoms with Crippen molar-refractivity contribution in [2.24, 2.45) is 0 Å². The summed E-state index contributed by atoms with van der Waals surface area (Å²) in [7, 11) is -2.21. The zero-order valence-corrected chi connectivity index (χ0v) is 25.9. The highest BCUT2D eigenvalue weighted by molar-refractivity contribution is 6.74. The van der Waals surface area contributed by atoms with E-state index in [4.69, 9.17) is 18.7 Å². The molecule has 37 heavy (non-hydrogen) atoms. The molecule has 0 bridgehead atoms. The molecule has 2 aromatic heterocycles. The SMILES string of the molecule is CCCCNc1ncc2c(B3OC(C)(C)C(C)(C)O3)cn(C3CCC(O[Si](C)(C)C(C)(C)C)CC3)c2n1. The number of anilines is 1. The average Bonchev–Trinajstić information content (AvgIpc) is 3.27. The highest BCUT2D eigenvalue weighted by Crippen LogP contribution is 2.41. The maximum Gasteiger partial charge on any atom is 0.497 e. The van der Waals surface area contributed by atoms with Crippen LogP contribution in [0.4, 0.5) is 5.95 Å². The van der Waals surface area contributed by atoms with E-state index in [1.54, 1.807) is 0 Å². The Labute approximate surface area is 225 Å². The predicted octanol–water partition coefficient (Wildman–Crippen LogP) is 6.45. The molecule has 2 aliphatic rings. The Morgan fingerprint density at radius 3 is 2.30 bits per heavy atom. The summed E-state index contributed by atoms with van der Waals surface area (Å²) in [5.74, 6) is 0.690. The van der Waals surface area contributed by atoms with Crippen molar-refractivity contribution >= 4 is 37.9 Å². The van der Waals surface area contributed by atoms with E-state index >= 15 is 0 Å². The quantitative estimate of drug-likeness (QED) is 0.314. The summed E-state index contributed by atoms with van der Waals surface area (Å²) in [6, 6.07) is 0.372. The van der Waals surface area contributed by atoms with Crippen LogP contribution in [0.15, 0.2) is 12.4 Å². The van der Waals surface area contributed by atoms with Crippen LogP contribution in [0.3, 0.4) is 0 Å². The van der Waals surface area contributed by atoms with Crippen LogP contribution in [0.5, 0.6) is 0 Å². The molecule has 0 amide bonds. The zero-order valence-electron chi connectivity index (χ0n) is 24.9. The molecule has 0 spiro atoms. The second-order valence-electron chi connectivity index (χ2n) is 13.6. The van der Waals surface area contributed by atoms with Crippen LogP contribution in [0.2, 0.25) is 18.1 Å². The van der Waals surface area contributed by atoms with Gasteiger partial charge in [-0.15, -0.1) is 0 Å². The van der Waals surface area contributed by atoms with Crippen LogP contribution >= 0.6 is 0 Å². The van der Waals surface area contributed by atoms with E-state index in [1.165, 1.54) is 0 Å². The molecule has 3 heterocycles. The highest BCUT2D eigenvalue weighted by atomic mass is 28.4. The number of unbranched alkanes of at least 4 members (excludes halogenated alkanes) is 1. The fraction of sp³-hybridized carbons (Fsp3) is 0.786. The van der Waals surface area contributed by atoms with Gasteiger partial charge in [0.1, 0.15) is 5.65 Å². The molecule has 1 aliphatic carbocycles. The van der Waals surface area contributed by atoms with Crippen LogP contribution in [-0.2, 0) is 13.7 Å². The molecule has 4 rings (SSSR count). The van der Waals surface area contributed by atoms with Crippen LogP contribution in [0, 0.1) is 0 Å². The second-order valence-corrected chi connectivity index (χ2v) is 18.4. The number of fused-ring (bicyclic) bond motifs is 1. The summed E-state index contributed by atoms with van der Waals surface area (Å²) in [4.78, 5) is 9.66. The summed E-state index contributed by atoms with van der Waals surface area (Å²) >= 11 is 0. The number of rotatable bonds is 8. The minimum atomic E-state index is -1.77. The zero-order chi connectivity index (χ0) is 27.2. The second kappa shape index (κ2) is 10.3. The fourth-order valence-electron chi connectivity index (χ4n) is 4.99. The van der Waals surface area contributed by atoms with Gasteiger partial charge in [-0.3, -0.25) is 0 Å². The fourth-order valence-corrected chi connectivity index (χ4v) is 6.41. The van der Waals surface area contributed by atoms with Gasteiger partial charge >= 0.3 is 7.12 Å². The molecule has 1 saturated heterocycles. The Hall–Kier alpha value is -1.42. The van der Waals surface area contributed by atoms with Gasteiger partial charge in [0.25, 0.3) is 0 Å². The minimum absolute atomic E-state index is 0.232. The Morgan fingerprint density at radius 2 is 1.73 bits per heavy atom. The van der Waals surface area contributed by atoms with E-state index < -0.39 is 26.6 Å². The lowest BCUT2D eigenvalue weighted by Crippen LogP contribution is -2.44. The Bertz CT molecular complexity index is 1070. The van der Waals surface area contributed by atoms with Crippen molar-refractivity contribution < 1.29 is 13.7 Å². The van der Waals surface area contributed by atoms with E-state index in [9.17, 15) is 0 Å². The van der Waals surface area contributed by atoms with Crippen LogP contribution in [0.1, 0.15) is 100.0 Å². The number of hydrogen-bond donors (Lipinski definition) is 1. The van der Waals surface area contributed by atoms with Gasteiger partial charge in [-0.05, 0) is 77.9 Å². The molecule has 0 aromatic carbocycles. The van der Waals surface area contributed by atoms with E-state index in [2.05, 4.69) is 89.5 Å². The number of hydrogen-bond acceptors (Lipinski definition) is 6. The first kappa shape index (κ1) is 28.6. The van der Waals surface area contributed by atoms with Crippen molar-refractivity contribution in [3.8, 4) is 0 Å². The van der Waals surface area contributed by atoms with Gasteiger partial charge in [0.2, 0.25) is 5.95 Å². The lowest BCUT2D eigenvalue weighted by atomic mass is 9.79. The monoisotopic (exact) mass is 528 g/mol. The lowest BCUT2D eigenvalue weighted by molar-refractivity contribution is 0.00578. The maximum absolute atomic E-state index is 6.78. The normalized spacial score (nSPS) is 24.1. The average molecular weight is 529 g/mol. The van der Waals surface area contributed by atoms with Gasteiger partial charge in [0.05, 0.1) is 11.2 Å². The standard InChI is InChI=1S/C28H49BN4O3Si/c1-11-12-17-30-25-31-18-22-23(29-35-27(5,6)28(7,8)36-29)19-33(24(22)32-25)20-13-15-21(16-14-20)34-37(9,10)26(2,3)4/h18-21H,11-17H2,1-10H3,(H,30,31,32). The Morgan fingerprint density at radius 1 is 1.11 bits per heavy atom. The number of nitrogens with one attached hydrogen (secondary N) is 1. The Kier molecular flexibility index (Phi) is 7.95. The summed E-state index contributed by atoms with van der Waals surface area (Å²) in [6.07, 6.45) is 11.1. The van der Waals surface area contributed by atoms with E-state index in [1.807, 2.05) is 6.20 Å². The molecule has 1 aliphatic heterocycles. The summed E-state index contributed by atoms with van der Waals surface area (Å²) in [6.45, 7) is 23.1. The van der Waals surface area contributed by atoms with Crippen LogP contribution < -0.4 is 10.8 Å². The van der Waals surface area contributed by atoms with Crippen molar-refractivity contribution in [1.29, 1.82) is 0 Å². The molecule has 1 N–H and O–H groups in total. The molecular weight excluding hydrogens is 479 g/mol. The minimum Gasteiger partial charge on any atom is -0.414 e. The molecule has 2 aromatic rings. The van der Waals surface area contributed by atoms with Crippen LogP contribution in [-0.4, -0.2) is 53.8 Å². The molecule has 1 saturated carbocycles.